The van der Waals surface area contributed by atoms with Gasteiger partial charge in [-0.05, 0) is 61.0 Å². The average molecular weight is 333 g/mol. The number of aryl methyl sites for hydroxylation is 3. The van der Waals surface area contributed by atoms with Crippen LogP contribution in [0.15, 0.2) is 52.7 Å². The maximum atomic E-state index is 10.6. The molecule has 128 valence electrons. The molecule has 3 rings (SSSR count). The second-order valence-electron chi connectivity index (χ2n) is 6.65. The number of rotatable bonds is 3. The van der Waals surface area contributed by atoms with Crippen molar-refractivity contribution in [2.75, 3.05) is 19.0 Å². The highest BCUT2D eigenvalue weighted by Crippen LogP contribution is 2.43. The Morgan fingerprint density at radius 2 is 1.60 bits per heavy atom. The lowest BCUT2D eigenvalue weighted by atomic mass is 10.00. The minimum atomic E-state index is 0.233. The highest BCUT2D eigenvalue weighted by atomic mass is 16.3. The van der Waals surface area contributed by atoms with Gasteiger partial charge in [-0.2, -0.15) is 5.11 Å². The molecule has 0 saturated heterocycles. The summed E-state index contributed by atoms with van der Waals surface area (Å²) in [5, 5.41) is 21.3. The first-order valence-electron chi connectivity index (χ1n) is 8.30. The minimum Gasteiger partial charge on any atom is -0.507 e. The van der Waals surface area contributed by atoms with Crippen molar-refractivity contribution in [1.29, 1.82) is 0 Å². The Bertz CT molecular complexity index is 975. The van der Waals surface area contributed by atoms with Gasteiger partial charge in [-0.15, -0.1) is 5.11 Å². The fourth-order valence-electron chi connectivity index (χ4n) is 3.21. The molecule has 0 aliphatic heterocycles. The molecule has 0 saturated carbocycles. The van der Waals surface area contributed by atoms with Crippen LogP contribution in [0.3, 0.4) is 0 Å². The van der Waals surface area contributed by atoms with Crippen LogP contribution in [0.4, 0.5) is 17.1 Å². The van der Waals surface area contributed by atoms with Gasteiger partial charge in [0.15, 0.2) is 0 Å². The van der Waals surface area contributed by atoms with Crippen molar-refractivity contribution >= 4 is 27.8 Å². The molecule has 0 fully saturated rings. The van der Waals surface area contributed by atoms with Crippen molar-refractivity contribution in [1.82, 2.24) is 0 Å². The van der Waals surface area contributed by atoms with Crippen LogP contribution in [0.5, 0.6) is 5.75 Å². The molecule has 0 spiro atoms. The van der Waals surface area contributed by atoms with Gasteiger partial charge in [-0.3, -0.25) is 0 Å². The molecule has 3 aromatic rings. The topological polar surface area (TPSA) is 48.2 Å². The Morgan fingerprint density at radius 3 is 2.28 bits per heavy atom. The molecule has 0 bridgehead atoms. The van der Waals surface area contributed by atoms with Crippen LogP contribution in [0.2, 0.25) is 0 Å². The molecule has 25 heavy (non-hydrogen) atoms. The van der Waals surface area contributed by atoms with Gasteiger partial charge in [-0.1, -0.05) is 24.3 Å². The number of nitrogens with zero attached hydrogens (tertiary/aromatic N) is 3. The first-order chi connectivity index (χ1) is 11.9. The van der Waals surface area contributed by atoms with Gasteiger partial charge >= 0.3 is 0 Å². The van der Waals surface area contributed by atoms with E-state index in [1.54, 1.807) is 6.07 Å². The van der Waals surface area contributed by atoms with E-state index in [-0.39, 0.29) is 5.75 Å². The summed E-state index contributed by atoms with van der Waals surface area (Å²) in [5.74, 6) is 0.233. The van der Waals surface area contributed by atoms with Crippen LogP contribution < -0.4 is 4.90 Å². The first kappa shape index (κ1) is 17.0. The Balaban J connectivity index is 2.31. The summed E-state index contributed by atoms with van der Waals surface area (Å²) in [6, 6.07) is 13.8. The number of hydrogen-bond donors (Lipinski definition) is 1. The lowest BCUT2D eigenvalue weighted by Gasteiger charge is -2.20. The molecule has 3 aromatic carbocycles. The van der Waals surface area contributed by atoms with Crippen LogP contribution in [0.1, 0.15) is 16.7 Å². The summed E-state index contributed by atoms with van der Waals surface area (Å²) in [5.41, 5.74) is 5.66. The second kappa shape index (κ2) is 6.55. The summed E-state index contributed by atoms with van der Waals surface area (Å²) >= 11 is 0. The molecule has 0 aliphatic rings. The number of phenolic OH excluding ortho intramolecular Hbond substituents is 1. The van der Waals surface area contributed by atoms with Gasteiger partial charge in [0.05, 0.1) is 16.8 Å². The molecule has 0 atom stereocenters. The second-order valence-corrected chi connectivity index (χ2v) is 6.65. The van der Waals surface area contributed by atoms with Crippen LogP contribution in [0, 0.1) is 20.8 Å². The van der Waals surface area contributed by atoms with E-state index in [4.69, 9.17) is 0 Å². The van der Waals surface area contributed by atoms with Crippen LogP contribution in [0.25, 0.3) is 10.8 Å². The Kier molecular flexibility index (Phi) is 4.45. The van der Waals surface area contributed by atoms with Crippen molar-refractivity contribution in [3.63, 3.8) is 0 Å². The SMILES string of the molecule is Cc1cc(O)c2c(N=Nc3ccccc3C)c(N(C)C)c(C)cc2c1. The normalized spacial score (nSPS) is 11.4. The van der Waals surface area contributed by atoms with Gasteiger partial charge in [0, 0.05) is 14.1 Å². The van der Waals surface area contributed by atoms with Crippen LogP contribution in [-0.4, -0.2) is 19.2 Å². The zero-order valence-corrected chi connectivity index (χ0v) is 15.3. The van der Waals surface area contributed by atoms with Gasteiger partial charge in [0.2, 0.25) is 0 Å². The Hall–Kier alpha value is -2.88. The number of azo groups is 1. The third-order valence-corrected chi connectivity index (χ3v) is 4.32. The van der Waals surface area contributed by atoms with Crippen LogP contribution in [-0.2, 0) is 0 Å². The number of anilines is 1. The molecule has 0 unspecified atom stereocenters. The number of benzene rings is 3. The molecular weight excluding hydrogens is 310 g/mol. The monoisotopic (exact) mass is 333 g/mol. The largest absolute Gasteiger partial charge is 0.507 e. The molecule has 0 heterocycles. The summed E-state index contributed by atoms with van der Waals surface area (Å²) < 4.78 is 0. The maximum Gasteiger partial charge on any atom is 0.125 e. The fraction of sp³-hybridized carbons (Fsp3) is 0.238. The lowest BCUT2D eigenvalue weighted by molar-refractivity contribution is 0.481. The van der Waals surface area contributed by atoms with Gasteiger partial charge < -0.3 is 10.0 Å². The number of hydrogen-bond acceptors (Lipinski definition) is 4. The molecule has 4 nitrogen and oxygen atoms in total. The Labute approximate surface area is 148 Å². The van der Waals surface area contributed by atoms with Crippen molar-refractivity contribution in [3.8, 4) is 5.75 Å². The zero-order chi connectivity index (χ0) is 18.1. The van der Waals surface area contributed by atoms with Gasteiger partial charge in [-0.25, -0.2) is 0 Å². The average Bonchev–Trinajstić information content (AvgIpc) is 2.52. The van der Waals surface area contributed by atoms with E-state index in [1.165, 1.54) is 0 Å². The van der Waals surface area contributed by atoms with E-state index in [0.717, 1.165) is 38.8 Å². The minimum absolute atomic E-state index is 0.233. The molecule has 1 N–H and O–H groups in total. The number of aromatic hydroxyl groups is 1. The lowest BCUT2D eigenvalue weighted by Crippen LogP contribution is -2.10. The van der Waals surface area contributed by atoms with Gasteiger partial charge in [0.1, 0.15) is 11.4 Å². The fourth-order valence-corrected chi connectivity index (χ4v) is 3.21. The van der Waals surface area contributed by atoms with E-state index in [1.807, 2.05) is 57.1 Å². The predicted molar refractivity (Wildman–Crippen MR) is 105 cm³/mol. The molecule has 0 aromatic heterocycles. The van der Waals surface area contributed by atoms with E-state index >= 15 is 0 Å². The van der Waals surface area contributed by atoms with E-state index < -0.39 is 0 Å². The smallest absolute Gasteiger partial charge is 0.125 e. The first-order valence-corrected chi connectivity index (χ1v) is 8.30. The standard InChI is InChI=1S/C21H23N3O/c1-13-10-16-12-15(3)21(24(4)5)20(19(16)18(25)11-13)23-22-17-9-7-6-8-14(17)2/h6-12,25H,1-5H3. The highest BCUT2D eigenvalue weighted by molar-refractivity contribution is 6.04. The van der Waals surface area contributed by atoms with E-state index in [9.17, 15) is 5.11 Å². The number of fused-ring (bicyclic) bond motifs is 1. The molecule has 0 aliphatic carbocycles. The summed E-state index contributed by atoms with van der Waals surface area (Å²) in [4.78, 5) is 2.01. The van der Waals surface area contributed by atoms with E-state index in [0.29, 0.717) is 5.69 Å². The van der Waals surface area contributed by atoms with Crippen LogP contribution >= 0.6 is 0 Å². The van der Waals surface area contributed by atoms with Crippen molar-refractivity contribution in [2.24, 2.45) is 10.2 Å². The zero-order valence-electron chi connectivity index (χ0n) is 15.3. The van der Waals surface area contributed by atoms with Gasteiger partial charge in [0.25, 0.3) is 0 Å². The van der Waals surface area contributed by atoms with E-state index in [2.05, 4.69) is 29.3 Å². The summed E-state index contributed by atoms with van der Waals surface area (Å²) in [6.07, 6.45) is 0. The van der Waals surface area contributed by atoms with Crippen molar-refractivity contribution in [3.05, 3.63) is 59.2 Å². The third kappa shape index (κ3) is 3.20. The Morgan fingerprint density at radius 1 is 0.880 bits per heavy atom. The maximum absolute atomic E-state index is 10.6. The molecule has 0 radical (unpaired) electrons. The molecular formula is C21H23N3O. The predicted octanol–water partition coefficient (Wildman–Crippen LogP) is 5.95. The highest BCUT2D eigenvalue weighted by Gasteiger charge is 2.16. The molecule has 4 heteroatoms. The quantitative estimate of drug-likeness (QED) is 0.602. The molecule has 0 amide bonds. The summed E-state index contributed by atoms with van der Waals surface area (Å²) in [6.45, 7) is 6.04. The van der Waals surface area contributed by atoms with Crippen molar-refractivity contribution in [2.45, 2.75) is 20.8 Å². The third-order valence-electron chi connectivity index (χ3n) is 4.32. The number of phenols is 1. The summed E-state index contributed by atoms with van der Waals surface area (Å²) in [7, 11) is 3.96. The van der Waals surface area contributed by atoms with Crippen molar-refractivity contribution < 1.29 is 5.11 Å².